The molecular formula is C13H24N2O4S. The summed E-state index contributed by atoms with van der Waals surface area (Å²) in [4.78, 5) is 7.58. The number of anilines is 1. The predicted molar refractivity (Wildman–Crippen MR) is 79.3 cm³/mol. The van der Waals surface area contributed by atoms with Gasteiger partial charge in [-0.1, -0.05) is 11.3 Å². The molecule has 1 aromatic heterocycles. The summed E-state index contributed by atoms with van der Waals surface area (Å²) in [6, 6.07) is 0. The summed E-state index contributed by atoms with van der Waals surface area (Å²) < 4.78 is 15.3. The number of rotatable bonds is 11. The van der Waals surface area contributed by atoms with Crippen LogP contribution in [0.2, 0.25) is 0 Å². The number of aromatic nitrogens is 1. The van der Waals surface area contributed by atoms with Gasteiger partial charge in [-0.25, -0.2) is 4.98 Å². The number of nitrogens with zero attached hydrogens (tertiary/aromatic N) is 2. The molecule has 0 unspecified atom stereocenters. The molecule has 0 aliphatic rings. The zero-order valence-corrected chi connectivity index (χ0v) is 13.2. The van der Waals surface area contributed by atoms with Gasteiger partial charge in [0.05, 0.1) is 30.4 Å². The third kappa shape index (κ3) is 5.34. The van der Waals surface area contributed by atoms with Gasteiger partial charge in [-0.3, -0.25) is 0 Å². The van der Waals surface area contributed by atoms with Gasteiger partial charge in [-0.15, -0.1) is 0 Å². The lowest BCUT2D eigenvalue weighted by atomic mass is 10.4. The van der Waals surface area contributed by atoms with Crippen molar-refractivity contribution in [3.05, 3.63) is 10.6 Å². The highest BCUT2D eigenvalue weighted by atomic mass is 32.1. The SMILES string of the molecule is COCCCN(CCOC)c1nc(COC)c(CO)s1. The van der Waals surface area contributed by atoms with Gasteiger partial charge >= 0.3 is 0 Å². The van der Waals surface area contributed by atoms with Crippen molar-refractivity contribution in [3.63, 3.8) is 0 Å². The zero-order valence-electron chi connectivity index (χ0n) is 12.4. The van der Waals surface area contributed by atoms with Crippen LogP contribution in [0.5, 0.6) is 0 Å². The Hall–Kier alpha value is -0.730. The van der Waals surface area contributed by atoms with E-state index in [9.17, 15) is 5.11 Å². The van der Waals surface area contributed by atoms with Crippen molar-refractivity contribution in [1.82, 2.24) is 4.98 Å². The van der Waals surface area contributed by atoms with Crippen LogP contribution in [0, 0.1) is 0 Å². The number of ether oxygens (including phenoxy) is 3. The van der Waals surface area contributed by atoms with Gasteiger partial charge < -0.3 is 24.2 Å². The largest absolute Gasteiger partial charge is 0.391 e. The Morgan fingerprint density at radius 1 is 1.10 bits per heavy atom. The second kappa shape index (κ2) is 10.1. The molecular weight excluding hydrogens is 280 g/mol. The quantitative estimate of drug-likeness (QED) is 0.621. The number of hydrogen-bond acceptors (Lipinski definition) is 7. The minimum absolute atomic E-state index is 0.00739. The molecule has 0 radical (unpaired) electrons. The molecule has 0 saturated heterocycles. The molecule has 0 fully saturated rings. The maximum atomic E-state index is 9.38. The zero-order chi connectivity index (χ0) is 14.8. The molecule has 1 heterocycles. The average molecular weight is 304 g/mol. The maximum absolute atomic E-state index is 9.38. The Kier molecular flexibility index (Phi) is 8.72. The Morgan fingerprint density at radius 3 is 2.45 bits per heavy atom. The molecule has 0 aliphatic carbocycles. The van der Waals surface area contributed by atoms with Gasteiger partial charge in [0.25, 0.3) is 0 Å². The molecule has 0 saturated carbocycles. The molecule has 0 aromatic carbocycles. The fourth-order valence-corrected chi connectivity index (χ4v) is 2.76. The van der Waals surface area contributed by atoms with E-state index in [0.717, 1.165) is 35.2 Å². The lowest BCUT2D eigenvalue weighted by Gasteiger charge is -2.21. The van der Waals surface area contributed by atoms with Gasteiger partial charge in [0.1, 0.15) is 0 Å². The highest BCUT2D eigenvalue weighted by Crippen LogP contribution is 2.27. The number of aliphatic hydroxyl groups excluding tert-OH is 1. The molecule has 1 N–H and O–H groups in total. The summed E-state index contributed by atoms with van der Waals surface area (Å²) in [6.07, 6.45) is 0.924. The van der Waals surface area contributed by atoms with E-state index in [1.165, 1.54) is 11.3 Å². The number of hydrogen-bond donors (Lipinski definition) is 1. The molecule has 116 valence electrons. The van der Waals surface area contributed by atoms with Gasteiger partial charge in [0.15, 0.2) is 5.13 Å². The standard InChI is InChI=1S/C13H24N2O4S/c1-17-7-4-5-15(6-8-18-2)13-14-11(10-19-3)12(9-16)20-13/h16H,4-10H2,1-3H3. The topological polar surface area (TPSA) is 64.1 Å². The first-order valence-electron chi connectivity index (χ1n) is 6.58. The first-order valence-corrected chi connectivity index (χ1v) is 7.39. The second-order valence-corrected chi connectivity index (χ2v) is 5.35. The van der Waals surface area contributed by atoms with Crippen LogP contribution in [0.25, 0.3) is 0 Å². The Labute approximate surface area is 124 Å². The van der Waals surface area contributed by atoms with Crippen molar-refractivity contribution >= 4 is 16.5 Å². The highest BCUT2D eigenvalue weighted by molar-refractivity contribution is 7.15. The minimum atomic E-state index is -0.00739. The van der Waals surface area contributed by atoms with Crippen LogP contribution < -0.4 is 4.90 Å². The van der Waals surface area contributed by atoms with Crippen molar-refractivity contribution < 1.29 is 19.3 Å². The van der Waals surface area contributed by atoms with Crippen molar-refractivity contribution in [2.24, 2.45) is 0 Å². The Morgan fingerprint density at radius 2 is 1.85 bits per heavy atom. The Bertz CT molecular complexity index is 373. The van der Waals surface area contributed by atoms with Crippen LogP contribution >= 0.6 is 11.3 Å². The first kappa shape index (κ1) is 17.3. The molecule has 1 rings (SSSR count). The fourth-order valence-electron chi connectivity index (χ4n) is 1.78. The van der Waals surface area contributed by atoms with E-state index in [2.05, 4.69) is 9.88 Å². The van der Waals surface area contributed by atoms with Crippen molar-refractivity contribution in [2.45, 2.75) is 19.6 Å². The summed E-state index contributed by atoms with van der Waals surface area (Å²) in [5.41, 5.74) is 0.809. The van der Waals surface area contributed by atoms with E-state index in [0.29, 0.717) is 19.8 Å². The monoisotopic (exact) mass is 304 g/mol. The molecule has 0 atom stereocenters. The number of methoxy groups -OCH3 is 3. The van der Waals surface area contributed by atoms with Crippen molar-refractivity contribution in [2.75, 3.05) is 52.5 Å². The third-order valence-electron chi connectivity index (χ3n) is 2.80. The molecule has 1 aromatic rings. The van der Waals surface area contributed by atoms with Gasteiger partial charge in [0.2, 0.25) is 0 Å². The van der Waals surface area contributed by atoms with E-state index >= 15 is 0 Å². The van der Waals surface area contributed by atoms with E-state index in [-0.39, 0.29) is 6.61 Å². The number of thiazole rings is 1. The summed E-state index contributed by atoms with van der Waals surface area (Å²) in [5, 5.41) is 10.3. The molecule has 0 bridgehead atoms. The van der Waals surface area contributed by atoms with Crippen LogP contribution in [-0.4, -0.2) is 57.7 Å². The summed E-state index contributed by atoms with van der Waals surface area (Å²) >= 11 is 1.50. The predicted octanol–water partition coefficient (Wildman–Crippen LogP) is 1.27. The summed E-state index contributed by atoms with van der Waals surface area (Å²) in [6.45, 7) is 3.38. The van der Waals surface area contributed by atoms with E-state index in [4.69, 9.17) is 14.2 Å². The molecule has 20 heavy (non-hydrogen) atoms. The van der Waals surface area contributed by atoms with E-state index in [1.807, 2.05) is 0 Å². The minimum Gasteiger partial charge on any atom is -0.391 e. The lowest BCUT2D eigenvalue weighted by Crippen LogP contribution is -2.29. The fraction of sp³-hybridized carbons (Fsp3) is 0.769. The van der Waals surface area contributed by atoms with Crippen LogP contribution in [-0.2, 0) is 27.4 Å². The highest BCUT2D eigenvalue weighted by Gasteiger charge is 2.15. The van der Waals surface area contributed by atoms with E-state index < -0.39 is 0 Å². The van der Waals surface area contributed by atoms with E-state index in [1.54, 1.807) is 21.3 Å². The number of aliphatic hydroxyl groups is 1. The second-order valence-electron chi connectivity index (χ2n) is 4.28. The van der Waals surface area contributed by atoms with Crippen molar-refractivity contribution in [3.8, 4) is 0 Å². The average Bonchev–Trinajstić information content (AvgIpc) is 2.86. The molecule has 0 aliphatic heterocycles. The first-order chi connectivity index (χ1) is 9.76. The smallest absolute Gasteiger partial charge is 0.186 e. The molecule has 6 nitrogen and oxygen atoms in total. The van der Waals surface area contributed by atoms with Gasteiger partial charge in [-0.2, -0.15) is 0 Å². The summed E-state index contributed by atoms with van der Waals surface area (Å²) in [5.74, 6) is 0. The lowest BCUT2D eigenvalue weighted by molar-refractivity contribution is 0.178. The van der Waals surface area contributed by atoms with Crippen molar-refractivity contribution in [1.29, 1.82) is 0 Å². The van der Waals surface area contributed by atoms with Crippen LogP contribution in [0.4, 0.5) is 5.13 Å². The maximum Gasteiger partial charge on any atom is 0.186 e. The van der Waals surface area contributed by atoms with Crippen LogP contribution in [0.3, 0.4) is 0 Å². The Balaban J connectivity index is 2.76. The third-order valence-corrected chi connectivity index (χ3v) is 3.95. The summed E-state index contributed by atoms with van der Waals surface area (Å²) in [7, 11) is 5.01. The molecule has 0 amide bonds. The van der Waals surface area contributed by atoms with Gasteiger partial charge in [-0.05, 0) is 6.42 Å². The van der Waals surface area contributed by atoms with Gasteiger partial charge in [0, 0.05) is 41.0 Å². The normalized spacial score (nSPS) is 11.0. The van der Waals surface area contributed by atoms with Crippen LogP contribution in [0.15, 0.2) is 0 Å². The molecule has 7 heteroatoms. The van der Waals surface area contributed by atoms with Crippen LogP contribution in [0.1, 0.15) is 17.0 Å². The molecule has 0 spiro atoms.